The average Bonchev–Trinajstić information content (AvgIpc) is 2.91. The van der Waals surface area contributed by atoms with Gasteiger partial charge in [-0.3, -0.25) is 9.59 Å². The van der Waals surface area contributed by atoms with Gasteiger partial charge in [0.05, 0.1) is 5.56 Å². The van der Waals surface area contributed by atoms with Crippen LogP contribution in [0.25, 0.3) is 0 Å². The van der Waals surface area contributed by atoms with Gasteiger partial charge >= 0.3 is 11.9 Å². The molecule has 1 saturated heterocycles. The first-order valence-electron chi connectivity index (χ1n) is 11.6. The molecule has 3 aliphatic carbocycles. The van der Waals surface area contributed by atoms with E-state index in [9.17, 15) is 23.6 Å². The molecule has 1 aromatic carbocycles. The van der Waals surface area contributed by atoms with Crippen molar-refractivity contribution in [1.29, 1.82) is 0 Å². The van der Waals surface area contributed by atoms with Crippen molar-refractivity contribution >= 4 is 24.0 Å². The number of cyclic esters (lactones) is 1. The van der Waals surface area contributed by atoms with Crippen LogP contribution in [0, 0.1) is 39.8 Å². The number of hydrogen-bond acceptors (Lipinski definition) is 6. The maximum absolute atomic E-state index is 13.8. The van der Waals surface area contributed by atoms with E-state index in [1.807, 2.05) is 26.0 Å². The zero-order chi connectivity index (χ0) is 24.5. The van der Waals surface area contributed by atoms with Gasteiger partial charge in [0.25, 0.3) is 0 Å². The molecule has 0 N–H and O–H groups in total. The van der Waals surface area contributed by atoms with E-state index in [0.717, 1.165) is 18.4 Å². The number of hydrogen-bond donors (Lipinski definition) is 0. The van der Waals surface area contributed by atoms with Crippen LogP contribution >= 0.6 is 0 Å². The summed E-state index contributed by atoms with van der Waals surface area (Å²) in [5.41, 5.74) is -2.69. The fourth-order valence-corrected chi connectivity index (χ4v) is 7.04. The summed E-state index contributed by atoms with van der Waals surface area (Å²) in [4.78, 5) is 52.7. The van der Waals surface area contributed by atoms with Crippen LogP contribution in [0.3, 0.4) is 0 Å². The van der Waals surface area contributed by atoms with Crippen molar-refractivity contribution < 1.29 is 33.0 Å². The molecule has 2 saturated carbocycles. The largest absolute Gasteiger partial charge is 0.464 e. The molecule has 34 heavy (non-hydrogen) atoms. The van der Waals surface area contributed by atoms with Crippen LogP contribution in [0.4, 0.5) is 4.39 Å². The zero-order valence-electron chi connectivity index (χ0n) is 19.2. The molecule has 0 amide bonds. The Bertz CT molecular complexity index is 1130. The third-order valence-electron chi connectivity index (χ3n) is 8.63. The lowest BCUT2D eigenvalue weighted by molar-refractivity contribution is -0.211. The van der Waals surface area contributed by atoms with E-state index in [-0.39, 0.29) is 17.7 Å². The summed E-state index contributed by atoms with van der Waals surface area (Å²) in [6.07, 6.45) is 5.41. The highest BCUT2D eigenvalue weighted by molar-refractivity contribution is 6.16. The van der Waals surface area contributed by atoms with Gasteiger partial charge in [-0.2, -0.15) is 0 Å². The molecule has 178 valence electrons. The third-order valence-corrected chi connectivity index (χ3v) is 8.63. The number of allylic oxidation sites excluding steroid dienone is 1. The molecule has 4 aliphatic rings. The molecule has 0 radical (unpaired) electrons. The Morgan fingerprint density at radius 3 is 2.59 bits per heavy atom. The summed E-state index contributed by atoms with van der Waals surface area (Å²) in [6, 6.07) is 4.88. The molecule has 0 aromatic heterocycles. The standard InChI is InChI=1S/C27H27FO6/c1-15-18-9-10-19-26(12-4-11-25(2,3)20(26)13-29)14-33-24(32)27(19,21(15)30)22(18)34-23(31)16-5-7-17(28)8-6-16/h4-8,12-13,18-20,22H,1,9-11,14H2,2-3H3/t18-,19-,20+,22+,26+,27-/m0/s1. The van der Waals surface area contributed by atoms with Gasteiger partial charge < -0.3 is 14.3 Å². The van der Waals surface area contributed by atoms with E-state index >= 15 is 0 Å². The normalized spacial score (nSPS) is 37.8. The first-order chi connectivity index (χ1) is 16.1. The van der Waals surface area contributed by atoms with E-state index in [4.69, 9.17) is 9.47 Å². The molecule has 6 nitrogen and oxygen atoms in total. The minimum atomic E-state index is -1.76. The second kappa shape index (κ2) is 7.45. The molecule has 6 atom stereocenters. The van der Waals surface area contributed by atoms with Gasteiger partial charge in [-0.05, 0) is 60.4 Å². The highest BCUT2D eigenvalue weighted by Crippen LogP contribution is 2.67. The number of carbonyl (C=O) groups is 4. The number of Topliss-reactive ketones (excluding diaryl/α,β-unsaturated/α-hetero) is 1. The summed E-state index contributed by atoms with van der Waals surface area (Å²) in [5.74, 6) is -4.05. The van der Waals surface area contributed by atoms with Crippen LogP contribution in [0.5, 0.6) is 0 Å². The smallest absolute Gasteiger partial charge is 0.338 e. The Morgan fingerprint density at radius 1 is 1.21 bits per heavy atom. The highest BCUT2D eigenvalue weighted by atomic mass is 19.1. The van der Waals surface area contributed by atoms with Crippen LogP contribution in [-0.2, 0) is 23.9 Å². The van der Waals surface area contributed by atoms with Crippen LogP contribution < -0.4 is 0 Å². The van der Waals surface area contributed by atoms with E-state index in [2.05, 4.69) is 6.58 Å². The molecule has 2 bridgehead atoms. The average molecular weight is 467 g/mol. The minimum Gasteiger partial charge on any atom is -0.464 e. The number of ether oxygens (including phenoxy) is 2. The number of fused-ring (bicyclic) bond motifs is 2. The lowest BCUT2D eigenvalue weighted by Gasteiger charge is -2.58. The summed E-state index contributed by atoms with van der Waals surface area (Å²) in [5, 5.41) is 0. The Kier molecular flexibility index (Phi) is 4.97. The molecule has 1 heterocycles. The SMILES string of the molecule is C=C1C(=O)[C@@]23C(=O)OC[C@]4(C=CCC(C)(C)[C@H]4C=O)[C@@H]2CC[C@@H]1[C@H]3OC(=O)c1ccc(F)cc1. The summed E-state index contributed by atoms with van der Waals surface area (Å²) in [7, 11) is 0. The van der Waals surface area contributed by atoms with Gasteiger partial charge in [-0.1, -0.05) is 32.6 Å². The van der Waals surface area contributed by atoms with Crippen molar-refractivity contribution in [2.45, 2.75) is 39.2 Å². The Balaban J connectivity index is 1.63. The maximum Gasteiger partial charge on any atom is 0.338 e. The molecular formula is C27H27FO6. The summed E-state index contributed by atoms with van der Waals surface area (Å²) in [6.45, 7) is 7.93. The predicted octanol–water partition coefficient (Wildman–Crippen LogP) is 3.85. The number of benzene rings is 1. The number of rotatable bonds is 3. The molecule has 7 heteroatoms. The van der Waals surface area contributed by atoms with Crippen LogP contribution in [0.1, 0.15) is 43.5 Å². The van der Waals surface area contributed by atoms with E-state index in [1.165, 1.54) is 12.1 Å². The van der Waals surface area contributed by atoms with Crippen molar-refractivity contribution in [2.24, 2.45) is 34.0 Å². The number of esters is 2. The first-order valence-corrected chi connectivity index (χ1v) is 11.6. The topological polar surface area (TPSA) is 86.7 Å². The maximum atomic E-state index is 13.8. The number of halogens is 1. The molecule has 0 unspecified atom stereocenters. The van der Waals surface area contributed by atoms with Gasteiger partial charge in [0.2, 0.25) is 0 Å². The van der Waals surface area contributed by atoms with Gasteiger partial charge in [0.1, 0.15) is 24.8 Å². The second-order valence-corrected chi connectivity index (χ2v) is 10.7. The van der Waals surface area contributed by atoms with Gasteiger partial charge in [-0.25, -0.2) is 9.18 Å². The Labute approximate surface area is 197 Å². The zero-order valence-corrected chi connectivity index (χ0v) is 19.2. The van der Waals surface area contributed by atoms with Gasteiger partial charge in [0.15, 0.2) is 11.2 Å². The van der Waals surface area contributed by atoms with Crippen molar-refractivity contribution in [1.82, 2.24) is 0 Å². The molecular weight excluding hydrogens is 439 g/mol. The second-order valence-electron chi connectivity index (χ2n) is 10.7. The highest BCUT2D eigenvalue weighted by Gasteiger charge is 2.76. The lowest BCUT2D eigenvalue weighted by Crippen LogP contribution is -2.67. The summed E-state index contributed by atoms with van der Waals surface area (Å²) < 4.78 is 24.9. The van der Waals surface area contributed by atoms with E-state index < -0.39 is 63.6 Å². The van der Waals surface area contributed by atoms with Crippen molar-refractivity contribution in [3.05, 3.63) is 60.0 Å². The molecule has 1 aliphatic heterocycles. The quantitative estimate of drug-likeness (QED) is 0.221. The molecule has 5 rings (SSSR count). The number of ketones is 1. The van der Waals surface area contributed by atoms with Gasteiger partial charge in [0, 0.05) is 17.3 Å². The lowest BCUT2D eigenvalue weighted by atomic mass is 9.46. The van der Waals surface area contributed by atoms with Crippen LogP contribution in [0.2, 0.25) is 0 Å². The van der Waals surface area contributed by atoms with E-state index in [1.54, 1.807) is 0 Å². The third kappa shape index (κ3) is 2.79. The molecule has 1 aromatic rings. The fourth-order valence-electron chi connectivity index (χ4n) is 7.04. The number of aldehydes is 1. The van der Waals surface area contributed by atoms with Crippen molar-refractivity contribution in [2.75, 3.05) is 6.61 Å². The van der Waals surface area contributed by atoms with Crippen LogP contribution in [-0.4, -0.2) is 36.7 Å². The van der Waals surface area contributed by atoms with E-state index in [0.29, 0.717) is 19.3 Å². The van der Waals surface area contributed by atoms with Crippen molar-refractivity contribution in [3.8, 4) is 0 Å². The van der Waals surface area contributed by atoms with Crippen molar-refractivity contribution in [3.63, 3.8) is 0 Å². The van der Waals surface area contributed by atoms with Gasteiger partial charge in [-0.15, -0.1) is 0 Å². The predicted molar refractivity (Wildman–Crippen MR) is 119 cm³/mol. The monoisotopic (exact) mass is 466 g/mol. The first kappa shape index (κ1) is 22.7. The number of carbonyl (C=O) groups excluding carboxylic acids is 4. The Morgan fingerprint density at radius 2 is 1.91 bits per heavy atom. The summed E-state index contributed by atoms with van der Waals surface area (Å²) >= 11 is 0. The fraction of sp³-hybridized carbons (Fsp3) is 0.481. The van der Waals surface area contributed by atoms with Crippen LogP contribution in [0.15, 0.2) is 48.6 Å². The molecule has 3 fully saturated rings. The Hall–Kier alpha value is -3.09. The molecule has 2 spiro atoms. The minimum absolute atomic E-state index is 0.00929.